The van der Waals surface area contributed by atoms with Gasteiger partial charge in [-0.3, -0.25) is 4.68 Å². The van der Waals surface area contributed by atoms with E-state index in [4.69, 9.17) is 11.2 Å². The average Bonchev–Trinajstić information content (AvgIpc) is 3.04. The molecule has 1 aliphatic rings. The van der Waals surface area contributed by atoms with Gasteiger partial charge in [0.15, 0.2) is 0 Å². The summed E-state index contributed by atoms with van der Waals surface area (Å²) in [6.45, 7) is 1.30. The van der Waals surface area contributed by atoms with Crippen molar-refractivity contribution < 1.29 is 22.6 Å². The Morgan fingerprint density at radius 2 is 2.04 bits per heavy atom. The Morgan fingerprint density at radius 3 is 2.71 bits per heavy atom. The van der Waals surface area contributed by atoms with E-state index in [-0.39, 0.29) is 17.4 Å². The van der Waals surface area contributed by atoms with Gasteiger partial charge in [0, 0.05) is 36.1 Å². The molecule has 0 spiro atoms. The van der Waals surface area contributed by atoms with E-state index in [9.17, 15) is 13.2 Å². The van der Waals surface area contributed by atoms with Crippen LogP contribution in [0.5, 0.6) is 5.75 Å². The highest BCUT2D eigenvalue weighted by atomic mass is 19.4. The highest BCUT2D eigenvalue weighted by Gasteiger charge is 2.32. The normalized spacial score (nSPS) is 15.9. The van der Waals surface area contributed by atoms with Gasteiger partial charge in [-0.05, 0) is 31.0 Å². The molecule has 1 aromatic carbocycles. The van der Waals surface area contributed by atoms with Crippen molar-refractivity contribution in [3.63, 3.8) is 0 Å². The maximum atomic E-state index is 12.6. The van der Waals surface area contributed by atoms with Crippen LogP contribution in [0.25, 0.3) is 11.1 Å². The first kappa shape index (κ1) is 16.4. The van der Waals surface area contributed by atoms with E-state index in [1.807, 2.05) is 0 Å². The molecule has 0 bridgehead atoms. The second-order valence-corrected chi connectivity index (χ2v) is 5.46. The van der Waals surface area contributed by atoms with E-state index in [1.54, 1.807) is 10.9 Å². The number of terminal acetylenes is 1. The van der Waals surface area contributed by atoms with Gasteiger partial charge < -0.3 is 9.47 Å². The Labute approximate surface area is 137 Å². The summed E-state index contributed by atoms with van der Waals surface area (Å²) >= 11 is 0. The summed E-state index contributed by atoms with van der Waals surface area (Å²) in [5.74, 6) is 2.12. The molecule has 0 amide bonds. The summed E-state index contributed by atoms with van der Waals surface area (Å²) in [4.78, 5) is 0. The van der Waals surface area contributed by atoms with Crippen molar-refractivity contribution in [2.75, 3.05) is 13.2 Å². The van der Waals surface area contributed by atoms with Crippen molar-refractivity contribution in [1.29, 1.82) is 0 Å². The van der Waals surface area contributed by atoms with Gasteiger partial charge in [-0.2, -0.15) is 5.10 Å². The number of halogens is 3. The van der Waals surface area contributed by atoms with Crippen molar-refractivity contribution in [2.45, 2.75) is 25.2 Å². The molecule has 0 saturated carbocycles. The summed E-state index contributed by atoms with van der Waals surface area (Å²) in [7, 11) is 0. The summed E-state index contributed by atoms with van der Waals surface area (Å²) in [6.07, 6.45) is 5.45. The molecule has 0 N–H and O–H groups in total. The Hall–Kier alpha value is -2.46. The smallest absolute Gasteiger partial charge is 0.405 e. The van der Waals surface area contributed by atoms with Crippen LogP contribution in [0.3, 0.4) is 0 Å². The number of rotatable bonds is 3. The van der Waals surface area contributed by atoms with Crippen molar-refractivity contribution >= 4 is 0 Å². The highest BCUT2D eigenvalue weighted by molar-refractivity contribution is 5.71. The predicted molar refractivity (Wildman–Crippen MR) is 81.4 cm³/mol. The van der Waals surface area contributed by atoms with E-state index in [0.717, 1.165) is 12.8 Å². The zero-order chi connectivity index (χ0) is 17.2. The first-order chi connectivity index (χ1) is 11.5. The maximum Gasteiger partial charge on any atom is 0.573 e. The maximum absolute atomic E-state index is 12.6. The molecule has 24 heavy (non-hydrogen) atoms. The monoisotopic (exact) mass is 336 g/mol. The summed E-state index contributed by atoms with van der Waals surface area (Å²) < 4.78 is 49.0. The van der Waals surface area contributed by atoms with Crippen LogP contribution >= 0.6 is 0 Å². The van der Waals surface area contributed by atoms with E-state index in [1.165, 1.54) is 24.4 Å². The zero-order valence-corrected chi connectivity index (χ0v) is 12.7. The molecule has 1 aromatic heterocycles. The molecule has 3 rings (SSSR count). The fourth-order valence-electron chi connectivity index (χ4n) is 2.69. The van der Waals surface area contributed by atoms with Gasteiger partial charge in [-0.25, -0.2) is 0 Å². The minimum absolute atomic E-state index is 0.176. The topological polar surface area (TPSA) is 36.3 Å². The van der Waals surface area contributed by atoms with E-state index in [0.29, 0.717) is 24.3 Å². The number of nitrogens with zero attached hydrogens (tertiary/aromatic N) is 2. The molecule has 7 heteroatoms. The van der Waals surface area contributed by atoms with Crippen LogP contribution in [0.1, 0.15) is 24.4 Å². The van der Waals surface area contributed by atoms with Gasteiger partial charge >= 0.3 is 6.36 Å². The van der Waals surface area contributed by atoms with Gasteiger partial charge in [0.05, 0.1) is 12.2 Å². The lowest BCUT2D eigenvalue weighted by atomic mass is 10.0. The first-order valence-electron chi connectivity index (χ1n) is 7.45. The lowest BCUT2D eigenvalue weighted by Crippen LogP contribution is -2.19. The molecule has 4 nitrogen and oxygen atoms in total. The third kappa shape index (κ3) is 3.71. The molecule has 2 heterocycles. The Bertz CT molecular complexity index is 756. The van der Waals surface area contributed by atoms with Crippen LogP contribution in [-0.4, -0.2) is 29.4 Å². The van der Waals surface area contributed by atoms with Crippen LogP contribution in [0, 0.1) is 12.3 Å². The molecule has 126 valence electrons. The van der Waals surface area contributed by atoms with Crippen molar-refractivity contribution in [1.82, 2.24) is 9.78 Å². The lowest BCUT2D eigenvalue weighted by Gasteiger charge is -2.22. The van der Waals surface area contributed by atoms with E-state index < -0.39 is 6.36 Å². The minimum Gasteiger partial charge on any atom is -0.405 e. The van der Waals surface area contributed by atoms with E-state index >= 15 is 0 Å². The molecule has 0 radical (unpaired) electrons. The van der Waals surface area contributed by atoms with Crippen LogP contribution in [0.15, 0.2) is 30.6 Å². The number of benzene rings is 1. The Kier molecular flexibility index (Phi) is 4.49. The second-order valence-electron chi connectivity index (χ2n) is 5.46. The van der Waals surface area contributed by atoms with E-state index in [2.05, 4.69) is 15.8 Å². The van der Waals surface area contributed by atoms with Crippen LogP contribution < -0.4 is 4.74 Å². The average molecular weight is 336 g/mol. The molecule has 1 saturated heterocycles. The summed E-state index contributed by atoms with van der Waals surface area (Å²) in [5, 5.41) is 4.28. The van der Waals surface area contributed by atoms with Crippen molar-refractivity contribution in [2.24, 2.45) is 0 Å². The summed E-state index contributed by atoms with van der Waals surface area (Å²) in [6, 6.07) is 4.30. The zero-order valence-electron chi connectivity index (χ0n) is 12.7. The van der Waals surface area contributed by atoms with Crippen molar-refractivity contribution in [3.05, 3.63) is 36.2 Å². The minimum atomic E-state index is -4.77. The molecule has 1 fully saturated rings. The number of hydrogen-bond donors (Lipinski definition) is 0. The molecule has 1 aliphatic heterocycles. The summed E-state index contributed by atoms with van der Waals surface area (Å²) in [5.41, 5.74) is 1.26. The third-order valence-corrected chi connectivity index (χ3v) is 3.85. The predicted octanol–water partition coefficient (Wildman–Crippen LogP) is 3.78. The standard InChI is InChI=1S/C17H15F3N2O2/c1-2-12-3-4-16(24-17(18,19)20)15(9-12)13-10-21-22(11-13)14-5-7-23-8-6-14/h1,3-4,9-11,14H,5-8H2. The Morgan fingerprint density at radius 1 is 1.29 bits per heavy atom. The first-order valence-corrected chi connectivity index (χ1v) is 7.45. The highest BCUT2D eigenvalue weighted by Crippen LogP contribution is 2.35. The Balaban J connectivity index is 1.95. The third-order valence-electron chi connectivity index (χ3n) is 3.85. The number of alkyl halides is 3. The van der Waals surface area contributed by atoms with Gasteiger partial charge in [0.1, 0.15) is 5.75 Å². The SMILES string of the molecule is C#Cc1ccc(OC(F)(F)F)c(-c2cnn(C3CCOCC3)c2)c1. The largest absolute Gasteiger partial charge is 0.573 e. The van der Waals surface area contributed by atoms with Crippen molar-refractivity contribution in [3.8, 4) is 29.2 Å². The number of hydrogen-bond acceptors (Lipinski definition) is 3. The van der Waals surface area contributed by atoms with Gasteiger partial charge in [0.2, 0.25) is 0 Å². The number of ether oxygens (including phenoxy) is 2. The van der Waals surface area contributed by atoms with Crippen LogP contribution in [-0.2, 0) is 4.74 Å². The van der Waals surface area contributed by atoms with Gasteiger partial charge in [-0.1, -0.05) is 5.92 Å². The quantitative estimate of drug-likeness (QED) is 0.801. The molecular formula is C17H15F3N2O2. The lowest BCUT2D eigenvalue weighted by molar-refractivity contribution is -0.274. The fraction of sp³-hybridized carbons (Fsp3) is 0.353. The molecule has 0 unspecified atom stereocenters. The molecule has 0 aliphatic carbocycles. The second kappa shape index (κ2) is 6.57. The van der Waals surface area contributed by atoms with Gasteiger partial charge in [-0.15, -0.1) is 19.6 Å². The molecular weight excluding hydrogens is 321 g/mol. The van der Waals surface area contributed by atoms with Crippen LogP contribution in [0.2, 0.25) is 0 Å². The van der Waals surface area contributed by atoms with Gasteiger partial charge in [0.25, 0.3) is 0 Å². The fourth-order valence-corrected chi connectivity index (χ4v) is 2.69. The number of aromatic nitrogens is 2. The van der Waals surface area contributed by atoms with Crippen LogP contribution in [0.4, 0.5) is 13.2 Å². The molecule has 0 atom stereocenters. The molecule has 2 aromatic rings.